The minimum atomic E-state index is 0.0159. The third kappa shape index (κ3) is 22.2. The Morgan fingerprint density at radius 3 is 1.24 bits per heavy atom. The van der Waals surface area contributed by atoms with E-state index in [-0.39, 0.29) is 25.0 Å². The van der Waals surface area contributed by atoms with Gasteiger partial charge in [0, 0.05) is 26.2 Å². The predicted octanol–water partition coefficient (Wildman–Crippen LogP) is 9.81. The average Bonchev–Trinajstić information content (AvgIpc) is 2.98. The van der Waals surface area contributed by atoms with Gasteiger partial charge in [0.25, 0.3) is 0 Å². The van der Waals surface area contributed by atoms with E-state index in [4.69, 9.17) is 4.74 Å². The molecule has 0 saturated heterocycles. The molecule has 0 bridgehead atoms. The Labute approximate surface area is 256 Å². The summed E-state index contributed by atoms with van der Waals surface area (Å²) in [5.41, 5.74) is 0. The van der Waals surface area contributed by atoms with E-state index in [0.29, 0.717) is 11.8 Å². The third-order valence-electron chi connectivity index (χ3n) is 8.76. The van der Waals surface area contributed by atoms with Crippen LogP contribution in [0.25, 0.3) is 0 Å². The fraction of sp³-hybridized carbons (Fsp3) is 0.944. The Bertz CT molecular complexity index is 563. The molecule has 0 aromatic rings. The second kappa shape index (κ2) is 29.0. The van der Waals surface area contributed by atoms with Gasteiger partial charge < -0.3 is 14.5 Å². The smallest absolute Gasteiger partial charge is 0.248 e. The highest BCUT2D eigenvalue weighted by atomic mass is 16.5. The Morgan fingerprint density at radius 2 is 0.854 bits per heavy atom. The van der Waals surface area contributed by atoms with Crippen LogP contribution in [0.5, 0.6) is 0 Å². The molecule has 0 saturated carbocycles. The van der Waals surface area contributed by atoms with Crippen LogP contribution in [0.4, 0.5) is 0 Å². The first-order valence-corrected chi connectivity index (χ1v) is 18.1. The van der Waals surface area contributed by atoms with Crippen molar-refractivity contribution in [2.24, 2.45) is 11.8 Å². The summed E-state index contributed by atoms with van der Waals surface area (Å²) in [7, 11) is 0. The number of nitrogens with zero attached hydrogens (tertiary/aromatic N) is 2. The van der Waals surface area contributed by atoms with Gasteiger partial charge in [-0.25, -0.2) is 0 Å². The number of carbonyl (C=O) groups is 2. The molecule has 0 radical (unpaired) electrons. The molecule has 244 valence electrons. The van der Waals surface area contributed by atoms with Crippen LogP contribution in [0.15, 0.2) is 0 Å². The highest BCUT2D eigenvalue weighted by Gasteiger charge is 2.22. The number of hydrogen-bond acceptors (Lipinski definition) is 3. The van der Waals surface area contributed by atoms with E-state index >= 15 is 0 Å². The number of unbranched alkanes of at least 4 members (excludes halogenated alkanes) is 12. The molecule has 5 heteroatoms. The lowest BCUT2D eigenvalue weighted by Gasteiger charge is -2.31. The molecule has 2 unspecified atom stereocenters. The fourth-order valence-corrected chi connectivity index (χ4v) is 5.67. The van der Waals surface area contributed by atoms with E-state index in [0.717, 1.165) is 51.9 Å². The van der Waals surface area contributed by atoms with Crippen molar-refractivity contribution in [1.82, 2.24) is 9.80 Å². The normalized spacial score (nSPS) is 12.8. The summed E-state index contributed by atoms with van der Waals surface area (Å²) >= 11 is 0. The van der Waals surface area contributed by atoms with Crippen LogP contribution < -0.4 is 0 Å². The maximum absolute atomic E-state index is 13.4. The predicted molar refractivity (Wildman–Crippen MR) is 177 cm³/mol. The zero-order chi connectivity index (χ0) is 30.6. The highest BCUT2D eigenvalue weighted by Crippen LogP contribution is 2.19. The summed E-state index contributed by atoms with van der Waals surface area (Å²) in [6.07, 6.45) is 24.0. The van der Waals surface area contributed by atoms with Gasteiger partial charge in [0.15, 0.2) is 0 Å². The Kier molecular flexibility index (Phi) is 28.2. The van der Waals surface area contributed by atoms with Crippen LogP contribution in [-0.4, -0.2) is 61.0 Å². The van der Waals surface area contributed by atoms with E-state index in [1.807, 2.05) is 4.90 Å². The summed E-state index contributed by atoms with van der Waals surface area (Å²) in [5, 5.41) is 0. The summed E-state index contributed by atoms with van der Waals surface area (Å²) in [4.78, 5) is 30.7. The summed E-state index contributed by atoms with van der Waals surface area (Å²) in [6.45, 7) is 16.7. The molecule has 0 aliphatic carbocycles. The fourth-order valence-electron chi connectivity index (χ4n) is 5.67. The van der Waals surface area contributed by atoms with Crippen molar-refractivity contribution in [2.75, 3.05) is 39.4 Å². The van der Waals surface area contributed by atoms with Crippen molar-refractivity contribution < 1.29 is 14.3 Å². The van der Waals surface area contributed by atoms with Crippen LogP contribution >= 0.6 is 0 Å². The van der Waals surface area contributed by atoms with E-state index in [9.17, 15) is 9.59 Å². The lowest BCUT2D eigenvalue weighted by atomic mass is 9.95. The zero-order valence-electron chi connectivity index (χ0n) is 28.7. The highest BCUT2D eigenvalue weighted by molar-refractivity contribution is 5.79. The van der Waals surface area contributed by atoms with Crippen LogP contribution in [-0.2, 0) is 14.3 Å². The van der Waals surface area contributed by atoms with Crippen LogP contribution in [0.1, 0.15) is 170 Å². The number of ether oxygens (including phenoxy) is 1. The summed E-state index contributed by atoms with van der Waals surface area (Å²) in [5.74, 6) is 1.18. The number of rotatable bonds is 30. The van der Waals surface area contributed by atoms with Gasteiger partial charge in [-0.15, -0.1) is 0 Å². The van der Waals surface area contributed by atoms with Gasteiger partial charge in [-0.2, -0.15) is 0 Å². The van der Waals surface area contributed by atoms with Gasteiger partial charge in [0.05, 0.1) is 0 Å². The minimum Gasteiger partial charge on any atom is -0.362 e. The molecular weight excluding hydrogens is 508 g/mol. The lowest BCUT2D eigenvalue weighted by molar-refractivity contribution is -0.143. The maximum Gasteiger partial charge on any atom is 0.248 e. The van der Waals surface area contributed by atoms with Crippen molar-refractivity contribution in [3.05, 3.63) is 0 Å². The van der Waals surface area contributed by atoms with E-state index in [1.165, 1.54) is 103 Å². The first-order chi connectivity index (χ1) is 20.0. The quantitative estimate of drug-likeness (QED) is 0.0794. The Balaban J connectivity index is 5.02. The summed E-state index contributed by atoms with van der Waals surface area (Å²) < 4.78 is 5.85. The SMILES string of the molecule is CCCCCCCCN(CCCCCCCC)C(=O)COCC(=O)N(CC(CC)CCCC)CC(CC)CCCC. The molecule has 0 heterocycles. The van der Waals surface area contributed by atoms with Crippen LogP contribution in [0.2, 0.25) is 0 Å². The van der Waals surface area contributed by atoms with E-state index < -0.39 is 0 Å². The molecule has 41 heavy (non-hydrogen) atoms. The molecular formula is C36H72N2O3. The molecule has 0 spiro atoms. The van der Waals surface area contributed by atoms with Crippen molar-refractivity contribution in [3.63, 3.8) is 0 Å². The molecule has 0 aliphatic rings. The second-order valence-corrected chi connectivity index (χ2v) is 12.5. The van der Waals surface area contributed by atoms with Gasteiger partial charge in [-0.1, -0.05) is 144 Å². The average molecular weight is 581 g/mol. The van der Waals surface area contributed by atoms with E-state index in [1.54, 1.807) is 0 Å². The van der Waals surface area contributed by atoms with Gasteiger partial charge in [-0.3, -0.25) is 9.59 Å². The number of carbonyl (C=O) groups excluding carboxylic acids is 2. The molecule has 0 aliphatic heterocycles. The number of hydrogen-bond donors (Lipinski definition) is 0. The van der Waals surface area contributed by atoms with Crippen molar-refractivity contribution in [2.45, 2.75) is 170 Å². The minimum absolute atomic E-state index is 0.0159. The summed E-state index contributed by atoms with van der Waals surface area (Å²) in [6, 6.07) is 0. The molecule has 0 fully saturated rings. The van der Waals surface area contributed by atoms with Crippen LogP contribution in [0, 0.1) is 11.8 Å². The first kappa shape index (κ1) is 39.9. The second-order valence-electron chi connectivity index (χ2n) is 12.5. The van der Waals surface area contributed by atoms with Crippen LogP contribution in [0.3, 0.4) is 0 Å². The first-order valence-electron chi connectivity index (χ1n) is 18.1. The molecule has 2 atom stereocenters. The molecule has 0 aromatic carbocycles. The monoisotopic (exact) mass is 581 g/mol. The molecule has 5 nitrogen and oxygen atoms in total. The largest absolute Gasteiger partial charge is 0.362 e. The standard InChI is InChI=1S/C36H72N2O3/c1-7-13-17-19-21-23-27-37(28-24-22-20-18-14-8-2)35(39)31-41-32-36(40)38(29-33(11-5)25-15-9-3)30-34(12-6)26-16-10-4/h33-34H,7-32H2,1-6H3. The topological polar surface area (TPSA) is 49.9 Å². The molecule has 0 N–H and O–H groups in total. The number of amides is 2. The molecule has 0 rings (SSSR count). The molecule has 2 amide bonds. The van der Waals surface area contributed by atoms with E-state index in [2.05, 4.69) is 46.4 Å². The Hall–Kier alpha value is -1.10. The van der Waals surface area contributed by atoms with Gasteiger partial charge in [0.1, 0.15) is 13.2 Å². The van der Waals surface area contributed by atoms with Crippen molar-refractivity contribution >= 4 is 11.8 Å². The van der Waals surface area contributed by atoms with Crippen molar-refractivity contribution in [3.8, 4) is 0 Å². The van der Waals surface area contributed by atoms with Gasteiger partial charge >= 0.3 is 0 Å². The Morgan fingerprint density at radius 1 is 0.488 bits per heavy atom. The van der Waals surface area contributed by atoms with Gasteiger partial charge in [-0.05, 0) is 37.5 Å². The zero-order valence-corrected chi connectivity index (χ0v) is 28.7. The van der Waals surface area contributed by atoms with Crippen molar-refractivity contribution in [1.29, 1.82) is 0 Å². The molecule has 0 aromatic heterocycles. The van der Waals surface area contributed by atoms with Gasteiger partial charge in [0.2, 0.25) is 11.8 Å². The lowest BCUT2D eigenvalue weighted by Crippen LogP contribution is -2.42. The third-order valence-corrected chi connectivity index (χ3v) is 8.76. The maximum atomic E-state index is 13.4.